The van der Waals surface area contributed by atoms with Crippen molar-refractivity contribution in [2.75, 3.05) is 13.2 Å². The van der Waals surface area contributed by atoms with E-state index in [0.29, 0.717) is 17.1 Å². The molecule has 9 nitrogen and oxygen atoms in total. The summed E-state index contributed by atoms with van der Waals surface area (Å²) >= 11 is 0. The molecule has 0 bridgehead atoms. The molecule has 1 aliphatic rings. The largest absolute Gasteiger partial charge is 0.457 e. The Bertz CT molecular complexity index is 940. The van der Waals surface area contributed by atoms with Crippen molar-refractivity contribution in [3.63, 3.8) is 0 Å². The van der Waals surface area contributed by atoms with Crippen LogP contribution in [0.15, 0.2) is 54.6 Å². The second-order valence-electron chi connectivity index (χ2n) is 7.29. The monoisotopic (exact) mass is 439 g/mol. The number of hydrogen-bond donors (Lipinski definition) is 3. The molecular formula is C23H25N3O6. The molecule has 1 aliphatic carbocycles. The maximum Gasteiger partial charge on any atom is 0.325 e. The lowest BCUT2D eigenvalue weighted by Crippen LogP contribution is -2.45. The van der Waals surface area contributed by atoms with Crippen LogP contribution in [-0.2, 0) is 14.3 Å². The third kappa shape index (κ3) is 7.42. The zero-order valence-electron chi connectivity index (χ0n) is 17.5. The Hall–Kier alpha value is -3.88. The first kappa shape index (κ1) is 22.8. The van der Waals surface area contributed by atoms with Crippen LogP contribution in [0.1, 0.15) is 36.0 Å². The van der Waals surface area contributed by atoms with Crippen LogP contribution in [0, 0.1) is 0 Å². The SMILES string of the molecule is O=C(COC(=O)CNC(=O)c1ccc(Oc2ccccc2)cc1)NC(=O)NC1CCCC1. The van der Waals surface area contributed by atoms with Crippen LogP contribution in [0.4, 0.5) is 4.79 Å². The highest BCUT2D eigenvalue weighted by Crippen LogP contribution is 2.21. The summed E-state index contributed by atoms with van der Waals surface area (Å²) in [6.45, 7) is -1.03. The number of hydrogen-bond acceptors (Lipinski definition) is 6. The molecule has 4 amide bonds. The van der Waals surface area contributed by atoms with Crippen LogP contribution in [-0.4, -0.2) is 43.0 Å². The first-order chi connectivity index (χ1) is 15.5. The number of rotatable bonds is 8. The van der Waals surface area contributed by atoms with Crippen molar-refractivity contribution in [3.8, 4) is 11.5 Å². The molecule has 0 saturated heterocycles. The second kappa shape index (κ2) is 11.5. The van der Waals surface area contributed by atoms with Gasteiger partial charge in [0.05, 0.1) is 0 Å². The van der Waals surface area contributed by atoms with E-state index in [2.05, 4.69) is 16.0 Å². The summed E-state index contributed by atoms with van der Waals surface area (Å²) in [6.07, 6.45) is 3.87. The van der Waals surface area contributed by atoms with Crippen molar-refractivity contribution in [1.82, 2.24) is 16.0 Å². The van der Waals surface area contributed by atoms with Gasteiger partial charge in [0.2, 0.25) is 0 Å². The smallest absolute Gasteiger partial charge is 0.325 e. The van der Waals surface area contributed by atoms with Crippen molar-refractivity contribution < 1.29 is 28.7 Å². The van der Waals surface area contributed by atoms with Crippen LogP contribution in [0.25, 0.3) is 0 Å². The summed E-state index contributed by atoms with van der Waals surface area (Å²) in [4.78, 5) is 47.4. The van der Waals surface area contributed by atoms with E-state index in [9.17, 15) is 19.2 Å². The maximum atomic E-state index is 12.2. The Morgan fingerprint density at radius 1 is 0.875 bits per heavy atom. The minimum absolute atomic E-state index is 0.0690. The molecule has 2 aromatic rings. The van der Waals surface area contributed by atoms with Crippen molar-refractivity contribution >= 4 is 23.8 Å². The molecule has 0 radical (unpaired) electrons. The highest BCUT2D eigenvalue weighted by Gasteiger charge is 2.18. The third-order valence-corrected chi connectivity index (χ3v) is 4.80. The molecule has 2 aromatic carbocycles. The normalized spacial score (nSPS) is 13.1. The number of esters is 1. The molecule has 3 rings (SSSR count). The Morgan fingerprint density at radius 3 is 2.22 bits per heavy atom. The summed E-state index contributed by atoms with van der Waals surface area (Å²) in [5.74, 6) is -0.779. The van der Waals surface area contributed by atoms with E-state index in [-0.39, 0.29) is 6.04 Å². The van der Waals surface area contributed by atoms with E-state index < -0.39 is 37.0 Å². The van der Waals surface area contributed by atoms with Gasteiger partial charge in [-0.1, -0.05) is 31.0 Å². The van der Waals surface area contributed by atoms with E-state index in [1.165, 1.54) is 0 Å². The molecular weight excluding hydrogens is 414 g/mol. The molecule has 0 unspecified atom stereocenters. The molecule has 9 heteroatoms. The van der Waals surface area contributed by atoms with Crippen molar-refractivity contribution in [2.45, 2.75) is 31.7 Å². The van der Waals surface area contributed by atoms with Gasteiger partial charge in [-0.25, -0.2) is 4.79 Å². The van der Waals surface area contributed by atoms with Crippen LogP contribution in [0.2, 0.25) is 0 Å². The fourth-order valence-electron chi connectivity index (χ4n) is 3.20. The minimum atomic E-state index is -0.797. The lowest BCUT2D eigenvalue weighted by molar-refractivity contribution is -0.147. The fourth-order valence-corrected chi connectivity index (χ4v) is 3.20. The molecule has 0 heterocycles. The lowest BCUT2D eigenvalue weighted by atomic mass is 10.2. The summed E-state index contributed by atoms with van der Waals surface area (Å²) in [5.41, 5.74) is 0.333. The third-order valence-electron chi connectivity index (χ3n) is 4.80. The quantitative estimate of drug-likeness (QED) is 0.543. The number of nitrogens with one attached hydrogen (secondary N) is 3. The van der Waals surface area contributed by atoms with Gasteiger partial charge in [-0.2, -0.15) is 0 Å². The van der Waals surface area contributed by atoms with Crippen LogP contribution in [0.3, 0.4) is 0 Å². The highest BCUT2D eigenvalue weighted by molar-refractivity contribution is 5.97. The zero-order chi connectivity index (χ0) is 22.8. The van der Waals surface area contributed by atoms with Crippen LogP contribution in [0.5, 0.6) is 11.5 Å². The first-order valence-electron chi connectivity index (χ1n) is 10.4. The van der Waals surface area contributed by atoms with E-state index in [0.717, 1.165) is 25.7 Å². The van der Waals surface area contributed by atoms with Gasteiger partial charge >= 0.3 is 12.0 Å². The van der Waals surface area contributed by atoms with Gasteiger partial charge in [0, 0.05) is 11.6 Å². The fraction of sp³-hybridized carbons (Fsp3) is 0.304. The van der Waals surface area contributed by atoms with Gasteiger partial charge in [0.25, 0.3) is 11.8 Å². The summed E-state index contributed by atoms with van der Waals surface area (Å²) in [5, 5.41) is 7.22. The summed E-state index contributed by atoms with van der Waals surface area (Å²) in [6, 6.07) is 15.1. The molecule has 3 N–H and O–H groups in total. The van der Waals surface area contributed by atoms with Gasteiger partial charge in [-0.05, 0) is 49.2 Å². The number of carbonyl (C=O) groups excluding carboxylic acids is 4. The Kier molecular flexibility index (Phi) is 8.19. The lowest BCUT2D eigenvalue weighted by Gasteiger charge is -2.12. The van der Waals surface area contributed by atoms with E-state index in [4.69, 9.17) is 9.47 Å². The van der Waals surface area contributed by atoms with Gasteiger partial charge in [0.1, 0.15) is 18.0 Å². The predicted molar refractivity (Wildman–Crippen MR) is 115 cm³/mol. The number of carbonyl (C=O) groups is 4. The summed E-state index contributed by atoms with van der Waals surface area (Å²) in [7, 11) is 0. The standard InChI is InChI=1S/C23H25N3O6/c27-20(26-23(30)25-17-6-4-5-7-17)15-31-21(28)14-24-22(29)16-10-12-19(13-11-16)32-18-8-2-1-3-9-18/h1-3,8-13,17H,4-7,14-15H2,(H,24,29)(H2,25,26,27,30). The molecule has 168 valence electrons. The number of para-hydroxylation sites is 1. The summed E-state index contributed by atoms with van der Waals surface area (Å²) < 4.78 is 10.4. The van der Waals surface area contributed by atoms with Gasteiger partial charge < -0.3 is 20.1 Å². The molecule has 0 spiro atoms. The number of amides is 4. The number of imide groups is 1. The van der Waals surface area contributed by atoms with Gasteiger partial charge in [-0.3, -0.25) is 19.7 Å². The predicted octanol–water partition coefficient (Wildman–Crippen LogP) is 2.52. The second-order valence-corrected chi connectivity index (χ2v) is 7.29. The van der Waals surface area contributed by atoms with Gasteiger partial charge in [0.15, 0.2) is 6.61 Å². The van der Waals surface area contributed by atoms with E-state index >= 15 is 0 Å². The number of benzene rings is 2. The molecule has 0 aromatic heterocycles. The van der Waals surface area contributed by atoms with E-state index in [1.807, 2.05) is 30.3 Å². The topological polar surface area (TPSA) is 123 Å². The average Bonchev–Trinajstić information content (AvgIpc) is 3.30. The highest BCUT2D eigenvalue weighted by atomic mass is 16.5. The molecule has 1 saturated carbocycles. The van der Waals surface area contributed by atoms with Crippen LogP contribution >= 0.6 is 0 Å². The van der Waals surface area contributed by atoms with Crippen molar-refractivity contribution in [3.05, 3.63) is 60.2 Å². The van der Waals surface area contributed by atoms with E-state index in [1.54, 1.807) is 24.3 Å². The molecule has 1 fully saturated rings. The van der Waals surface area contributed by atoms with Gasteiger partial charge in [-0.15, -0.1) is 0 Å². The molecule has 32 heavy (non-hydrogen) atoms. The average molecular weight is 439 g/mol. The van der Waals surface area contributed by atoms with Crippen LogP contribution < -0.4 is 20.7 Å². The minimum Gasteiger partial charge on any atom is -0.457 e. The zero-order valence-corrected chi connectivity index (χ0v) is 17.5. The Labute approximate surface area is 185 Å². The van der Waals surface area contributed by atoms with Crippen molar-refractivity contribution in [2.24, 2.45) is 0 Å². The Balaban J connectivity index is 1.34. The van der Waals surface area contributed by atoms with Crippen molar-refractivity contribution in [1.29, 1.82) is 0 Å². The first-order valence-corrected chi connectivity index (χ1v) is 10.4. The number of ether oxygens (including phenoxy) is 2. The number of urea groups is 1. The maximum absolute atomic E-state index is 12.2. The molecule has 0 aliphatic heterocycles. The molecule has 0 atom stereocenters. The Morgan fingerprint density at radius 2 is 1.53 bits per heavy atom.